The molecular weight excluding hydrogens is 244 g/mol. The molecule has 0 spiro atoms. The Balaban J connectivity index is 2.90. The second-order valence-corrected chi connectivity index (χ2v) is 6.14. The number of sulfone groups is 1. The fourth-order valence-electron chi connectivity index (χ4n) is 1.31. The normalized spacial score (nSPS) is 13.4. The highest BCUT2D eigenvalue weighted by molar-refractivity contribution is 7.91. The van der Waals surface area contributed by atoms with E-state index in [9.17, 15) is 8.42 Å². The predicted octanol–water partition coefficient (Wildman–Crippen LogP) is 2.03. The van der Waals surface area contributed by atoms with Gasteiger partial charge in [0.05, 0.1) is 17.8 Å². The molecule has 0 saturated heterocycles. The molecule has 1 rings (SSSR count). The molecule has 1 aromatic carbocycles. The Morgan fingerprint density at radius 1 is 1.31 bits per heavy atom. The van der Waals surface area contributed by atoms with Gasteiger partial charge in [-0.1, -0.05) is 6.92 Å². The van der Waals surface area contributed by atoms with E-state index in [1.165, 1.54) is 0 Å². The highest BCUT2D eigenvalue weighted by atomic mass is 32.2. The molecule has 0 N–H and O–H groups in total. The van der Waals surface area contributed by atoms with Crippen molar-refractivity contribution in [3.63, 3.8) is 0 Å². The molecule has 0 saturated carbocycles. The average molecular weight is 260 g/mol. The van der Waals surface area contributed by atoms with Crippen molar-refractivity contribution in [2.45, 2.75) is 11.8 Å². The molecule has 0 radical (unpaired) electrons. The summed E-state index contributed by atoms with van der Waals surface area (Å²) < 4.78 is 28.8. The highest BCUT2D eigenvalue weighted by Gasteiger charge is 2.17. The summed E-state index contributed by atoms with van der Waals surface area (Å²) in [7, 11) is -1.65. The van der Waals surface area contributed by atoms with Crippen LogP contribution in [0.2, 0.25) is 0 Å². The maximum Gasteiger partial charge on any atom is 0.178 e. The second kappa shape index (κ2) is 5.59. The van der Waals surface area contributed by atoms with E-state index >= 15 is 0 Å². The number of ether oxygens (including phenoxy) is 1. The number of rotatable bonds is 5. The zero-order valence-electron chi connectivity index (χ0n) is 9.38. The van der Waals surface area contributed by atoms with Crippen LogP contribution in [0.15, 0.2) is 29.2 Å². The van der Waals surface area contributed by atoms with E-state index in [0.717, 1.165) is 0 Å². The Bertz CT molecular complexity index is 423. The molecule has 16 heavy (non-hydrogen) atoms. The van der Waals surface area contributed by atoms with Gasteiger partial charge in [-0.3, -0.25) is 0 Å². The second-order valence-electron chi connectivity index (χ2n) is 3.74. The number of methoxy groups -OCH3 is 1. The number of thiol groups is 1. The van der Waals surface area contributed by atoms with Crippen molar-refractivity contribution in [2.24, 2.45) is 5.92 Å². The summed E-state index contributed by atoms with van der Waals surface area (Å²) in [5.74, 6) is 1.40. The third-order valence-electron chi connectivity index (χ3n) is 2.23. The van der Waals surface area contributed by atoms with Crippen LogP contribution in [0.4, 0.5) is 0 Å². The van der Waals surface area contributed by atoms with Gasteiger partial charge in [0, 0.05) is 0 Å². The lowest BCUT2D eigenvalue weighted by molar-refractivity contribution is 0.414. The van der Waals surface area contributed by atoms with Crippen molar-refractivity contribution in [3.05, 3.63) is 24.3 Å². The Kier molecular flexibility index (Phi) is 4.68. The van der Waals surface area contributed by atoms with Gasteiger partial charge < -0.3 is 4.74 Å². The molecule has 1 atom stereocenters. The minimum absolute atomic E-state index is 0.0513. The van der Waals surface area contributed by atoms with Crippen molar-refractivity contribution in [2.75, 3.05) is 18.6 Å². The Morgan fingerprint density at radius 2 is 1.88 bits per heavy atom. The summed E-state index contributed by atoms with van der Waals surface area (Å²) in [6, 6.07) is 6.44. The minimum atomic E-state index is -3.20. The lowest BCUT2D eigenvalue weighted by Crippen LogP contribution is -2.15. The Hall–Kier alpha value is -0.680. The summed E-state index contributed by atoms with van der Waals surface area (Å²) in [4.78, 5) is 0.335. The van der Waals surface area contributed by atoms with Crippen LogP contribution >= 0.6 is 12.6 Å². The molecule has 1 aromatic rings. The maximum atomic E-state index is 11.9. The van der Waals surface area contributed by atoms with Crippen LogP contribution in [0.3, 0.4) is 0 Å². The van der Waals surface area contributed by atoms with Gasteiger partial charge in [-0.15, -0.1) is 0 Å². The van der Waals surface area contributed by atoms with Crippen molar-refractivity contribution >= 4 is 22.5 Å². The molecule has 0 aliphatic carbocycles. The number of hydrogen-bond acceptors (Lipinski definition) is 4. The highest BCUT2D eigenvalue weighted by Crippen LogP contribution is 2.18. The molecule has 0 amide bonds. The van der Waals surface area contributed by atoms with Crippen LogP contribution < -0.4 is 4.74 Å². The van der Waals surface area contributed by atoms with Gasteiger partial charge in [0.25, 0.3) is 0 Å². The van der Waals surface area contributed by atoms with E-state index in [-0.39, 0.29) is 11.7 Å². The van der Waals surface area contributed by atoms with Crippen LogP contribution in [0.5, 0.6) is 5.75 Å². The molecule has 0 bridgehead atoms. The van der Waals surface area contributed by atoms with Gasteiger partial charge in [0.1, 0.15) is 5.75 Å². The van der Waals surface area contributed by atoms with Gasteiger partial charge in [-0.05, 0) is 35.9 Å². The molecular formula is C11H16O3S2. The fraction of sp³-hybridized carbons (Fsp3) is 0.455. The quantitative estimate of drug-likeness (QED) is 0.824. The van der Waals surface area contributed by atoms with Crippen LogP contribution in [-0.2, 0) is 9.84 Å². The summed E-state index contributed by atoms with van der Waals surface area (Å²) in [5.41, 5.74) is 0. The van der Waals surface area contributed by atoms with Crippen LogP contribution in [-0.4, -0.2) is 27.0 Å². The SMILES string of the molecule is COc1ccc(S(=O)(=O)C[C@@H](C)CS)cc1. The molecule has 90 valence electrons. The molecule has 3 nitrogen and oxygen atoms in total. The van der Waals surface area contributed by atoms with Gasteiger partial charge in [-0.2, -0.15) is 12.6 Å². The largest absolute Gasteiger partial charge is 0.497 e. The van der Waals surface area contributed by atoms with Crippen LogP contribution in [0.25, 0.3) is 0 Å². The predicted molar refractivity (Wildman–Crippen MR) is 68.1 cm³/mol. The van der Waals surface area contributed by atoms with Gasteiger partial charge in [-0.25, -0.2) is 8.42 Å². The topological polar surface area (TPSA) is 43.4 Å². The molecule has 0 unspecified atom stereocenters. The zero-order valence-corrected chi connectivity index (χ0v) is 11.1. The summed E-state index contributed by atoms with van der Waals surface area (Å²) in [6.45, 7) is 1.87. The van der Waals surface area contributed by atoms with Crippen molar-refractivity contribution < 1.29 is 13.2 Å². The summed E-state index contributed by atoms with van der Waals surface area (Å²) in [6.07, 6.45) is 0. The first-order chi connectivity index (χ1) is 7.49. The standard InChI is InChI=1S/C11H16O3S2/c1-9(7-15)8-16(12,13)11-5-3-10(14-2)4-6-11/h3-6,9,15H,7-8H2,1-2H3/t9-/m0/s1. The summed E-state index contributed by atoms with van der Waals surface area (Å²) >= 11 is 4.09. The first-order valence-corrected chi connectivity index (χ1v) is 7.25. The molecule has 0 fully saturated rings. The Morgan fingerprint density at radius 3 is 2.31 bits per heavy atom. The van der Waals surface area contributed by atoms with Crippen molar-refractivity contribution in [1.29, 1.82) is 0 Å². The molecule has 0 aliphatic heterocycles. The maximum absolute atomic E-state index is 11.9. The number of benzene rings is 1. The molecule has 0 aliphatic rings. The van der Waals surface area contributed by atoms with Crippen molar-refractivity contribution in [3.8, 4) is 5.75 Å². The van der Waals surface area contributed by atoms with Crippen LogP contribution in [0, 0.1) is 5.92 Å². The summed E-state index contributed by atoms with van der Waals surface area (Å²) in [5, 5.41) is 0. The van der Waals surface area contributed by atoms with Gasteiger partial charge in [0.15, 0.2) is 9.84 Å². The molecule has 0 aromatic heterocycles. The average Bonchev–Trinajstić information content (AvgIpc) is 2.28. The first kappa shape index (κ1) is 13.4. The monoisotopic (exact) mass is 260 g/mol. The van der Waals surface area contributed by atoms with E-state index in [0.29, 0.717) is 16.4 Å². The zero-order chi connectivity index (χ0) is 12.2. The Labute approximate surface area is 102 Å². The van der Waals surface area contributed by atoms with E-state index in [4.69, 9.17) is 4.74 Å². The lowest BCUT2D eigenvalue weighted by Gasteiger charge is -2.09. The minimum Gasteiger partial charge on any atom is -0.497 e. The van der Waals surface area contributed by atoms with E-state index in [1.807, 2.05) is 6.92 Å². The van der Waals surface area contributed by atoms with Crippen molar-refractivity contribution in [1.82, 2.24) is 0 Å². The van der Waals surface area contributed by atoms with Gasteiger partial charge in [0.2, 0.25) is 0 Å². The smallest absolute Gasteiger partial charge is 0.178 e. The first-order valence-electron chi connectivity index (χ1n) is 4.97. The lowest BCUT2D eigenvalue weighted by atomic mass is 10.3. The third kappa shape index (κ3) is 3.42. The third-order valence-corrected chi connectivity index (χ3v) is 4.86. The van der Waals surface area contributed by atoms with Crippen LogP contribution in [0.1, 0.15) is 6.92 Å². The van der Waals surface area contributed by atoms with E-state index in [2.05, 4.69) is 12.6 Å². The molecule has 0 heterocycles. The van der Waals surface area contributed by atoms with E-state index < -0.39 is 9.84 Å². The van der Waals surface area contributed by atoms with E-state index in [1.54, 1.807) is 31.4 Å². The number of hydrogen-bond donors (Lipinski definition) is 1. The van der Waals surface area contributed by atoms with Gasteiger partial charge >= 0.3 is 0 Å². The molecule has 5 heteroatoms. The fourth-order valence-corrected chi connectivity index (χ4v) is 3.22.